The predicted molar refractivity (Wildman–Crippen MR) is 59.5 cm³/mol. The second-order valence-electron chi connectivity index (χ2n) is 4.10. The first-order valence-electron chi connectivity index (χ1n) is 5.53. The topological polar surface area (TPSA) is 41.5 Å². The Labute approximate surface area is 87.8 Å². The van der Waals surface area contributed by atoms with Crippen molar-refractivity contribution in [1.82, 2.24) is 5.32 Å². The van der Waals surface area contributed by atoms with E-state index in [1.165, 1.54) is 0 Å². The summed E-state index contributed by atoms with van der Waals surface area (Å²) in [7, 11) is 1.72. The number of hydrogen-bond acceptors (Lipinski definition) is 3. The molecule has 0 rings (SSSR count). The largest absolute Gasteiger partial charge is 0.394 e. The highest BCUT2D eigenvalue weighted by molar-refractivity contribution is 4.81. The van der Waals surface area contributed by atoms with Gasteiger partial charge in [-0.2, -0.15) is 0 Å². The number of methoxy groups -OCH3 is 1. The summed E-state index contributed by atoms with van der Waals surface area (Å²) in [6, 6.07) is 0. The molecule has 14 heavy (non-hydrogen) atoms. The summed E-state index contributed by atoms with van der Waals surface area (Å²) in [5.74, 6) is 0. The fraction of sp³-hybridized carbons (Fsp3) is 1.00. The molecule has 0 aromatic carbocycles. The Bertz CT molecular complexity index is 130. The average molecular weight is 203 g/mol. The molecule has 0 amide bonds. The van der Waals surface area contributed by atoms with Crippen LogP contribution in [0.25, 0.3) is 0 Å². The van der Waals surface area contributed by atoms with Crippen molar-refractivity contribution in [2.45, 2.75) is 45.1 Å². The van der Waals surface area contributed by atoms with Crippen LogP contribution in [0.1, 0.15) is 39.5 Å². The summed E-state index contributed by atoms with van der Waals surface area (Å²) < 4.78 is 4.99. The van der Waals surface area contributed by atoms with Crippen LogP contribution in [-0.4, -0.2) is 37.5 Å². The van der Waals surface area contributed by atoms with Crippen molar-refractivity contribution in [3.8, 4) is 0 Å². The van der Waals surface area contributed by atoms with Gasteiger partial charge < -0.3 is 15.2 Å². The maximum atomic E-state index is 9.27. The van der Waals surface area contributed by atoms with Crippen LogP contribution in [0.2, 0.25) is 0 Å². The van der Waals surface area contributed by atoms with Crippen LogP contribution in [0, 0.1) is 0 Å². The van der Waals surface area contributed by atoms with Gasteiger partial charge in [-0.15, -0.1) is 0 Å². The summed E-state index contributed by atoms with van der Waals surface area (Å²) in [5, 5.41) is 12.7. The third-order valence-corrected chi connectivity index (χ3v) is 2.48. The maximum absolute atomic E-state index is 9.27. The van der Waals surface area contributed by atoms with Crippen LogP contribution in [0.3, 0.4) is 0 Å². The van der Waals surface area contributed by atoms with Crippen molar-refractivity contribution < 1.29 is 9.84 Å². The number of aliphatic hydroxyl groups is 1. The summed E-state index contributed by atoms with van der Waals surface area (Å²) in [6.45, 7) is 6.21. The highest BCUT2D eigenvalue weighted by Crippen LogP contribution is 2.13. The minimum Gasteiger partial charge on any atom is -0.394 e. The van der Waals surface area contributed by atoms with Crippen molar-refractivity contribution in [3.63, 3.8) is 0 Å². The molecule has 0 bridgehead atoms. The fourth-order valence-electron chi connectivity index (χ4n) is 1.41. The van der Waals surface area contributed by atoms with E-state index in [1.54, 1.807) is 7.11 Å². The van der Waals surface area contributed by atoms with E-state index in [2.05, 4.69) is 19.2 Å². The van der Waals surface area contributed by atoms with E-state index in [-0.39, 0.29) is 12.1 Å². The van der Waals surface area contributed by atoms with Gasteiger partial charge in [0.05, 0.1) is 6.61 Å². The molecule has 0 aliphatic heterocycles. The smallest absolute Gasteiger partial charge is 0.0610 e. The number of ether oxygens (including phenoxy) is 1. The molecule has 0 saturated heterocycles. The molecule has 0 fully saturated rings. The molecule has 0 aromatic rings. The van der Waals surface area contributed by atoms with Gasteiger partial charge in [-0.3, -0.25) is 0 Å². The molecule has 0 radical (unpaired) electrons. The van der Waals surface area contributed by atoms with Crippen molar-refractivity contribution in [2.24, 2.45) is 0 Å². The van der Waals surface area contributed by atoms with E-state index in [0.29, 0.717) is 0 Å². The maximum Gasteiger partial charge on any atom is 0.0610 e. The lowest BCUT2D eigenvalue weighted by Crippen LogP contribution is -2.46. The number of nitrogens with one attached hydrogen (secondary N) is 1. The molecule has 86 valence electrons. The van der Waals surface area contributed by atoms with E-state index in [0.717, 1.165) is 38.8 Å². The molecule has 1 atom stereocenters. The van der Waals surface area contributed by atoms with Crippen LogP contribution >= 0.6 is 0 Å². The van der Waals surface area contributed by atoms with Crippen LogP contribution < -0.4 is 5.32 Å². The average Bonchev–Trinajstić information content (AvgIpc) is 2.22. The monoisotopic (exact) mass is 203 g/mol. The minimum absolute atomic E-state index is 0.107. The van der Waals surface area contributed by atoms with Gasteiger partial charge in [0.2, 0.25) is 0 Å². The van der Waals surface area contributed by atoms with E-state index < -0.39 is 0 Å². The molecule has 0 heterocycles. The predicted octanol–water partition coefficient (Wildman–Crippen LogP) is 1.55. The molecule has 0 aliphatic carbocycles. The van der Waals surface area contributed by atoms with Gasteiger partial charge in [0.25, 0.3) is 0 Å². The Hall–Kier alpha value is -0.120. The van der Waals surface area contributed by atoms with E-state index in [9.17, 15) is 5.11 Å². The van der Waals surface area contributed by atoms with Crippen LogP contribution in [-0.2, 0) is 4.74 Å². The van der Waals surface area contributed by atoms with E-state index in [1.807, 2.05) is 0 Å². The Morgan fingerprint density at radius 1 is 1.36 bits per heavy atom. The SMILES string of the molecule is CCCNC(C)(CO)CCCCOC. The molecular formula is C11H25NO2. The van der Waals surface area contributed by atoms with E-state index >= 15 is 0 Å². The highest BCUT2D eigenvalue weighted by Gasteiger charge is 2.20. The Morgan fingerprint density at radius 2 is 2.07 bits per heavy atom. The molecule has 3 heteroatoms. The summed E-state index contributed by atoms with van der Waals surface area (Å²) >= 11 is 0. The first-order valence-corrected chi connectivity index (χ1v) is 5.53. The van der Waals surface area contributed by atoms with Gasteiger partial charge in [0.15, 0.2) is 0 Å². The zero-order valence-corrected chi connectivity index (χ0v) is 9.81. The van der Waals surface area contributed by atoms with Gasteiger partial charge in [-0.05, 0) is 39.2 Å². The molecule has 0 spiro atoms. The summed E-state index contributed by atoms with van der Waals surface area (Å²) in [6.07, 6.45) is 4.28. The highest BCUT2D eigenvalue weighted by atomic mass is 16.5. The molecule has 0 aromatic heterocycles. The molecule has 0 saturated carbocycles. The third-order valence-electron chi connectivity index (χ3n) is 2.48. The lowest BCUT2D eigenvalue weighted by atomic mass is 9.95. The lowest BCUT2D eigenvalue weighted by molar-refractivity contribution is 0.152. The zero-order chi connectivity index (χ0) is 10.9. The van der Waals surface area contributed by atoms with Gasteiger partial charge >= 0.3 is 0 Å². The zero-order valence-electron chi connectivity index (χ0n) is 9.81. The molecule has 1 unspecified atom stereocenters. The van der Waals surface area contributed by atoms with Gasteiger partial charge in [-0.25, -0.2) is 0 Å². The number of rotatable bonds is 9. The Kier molecular flexibility index (Phi) is 8.14. The standard InChI is InChI=1S/C11H25NO2/c1-4-8-12-11(2,10-13)7-5-6-9-14-3/h12-13H,4-10H2,1-3H3. The normalized spacial score (nSPS) is 15.4. The van der Waals surface area contributed by atoms with Crippen LogP contribution in [0.5, 0.6) is 0 Å². The van der Waals surface area contributed by atoms with Crippen LogP contribution in [0.4, 0.5) is 0 Å². The second-order valence-corrected chi connectivity index (χ2v) is 4.10. The first kappa shape index (κ1) is 13.9. The number of unbranched alkanes of at least 4 members (excludes halogenated alkanes) is 1. The number of aliphatic hydroxyl groups excluding tert-OH is 1. The lowest BCUT2D eigenvalue weighted by Gasteiger charge is -2.28. The van der Waals surface area contributed by atoms with Gasteiger partial charge in [0, 0.05) is 19.3 Å². The summed E-state index contributed by atoms with van der Waals surface area (Å²) in [4.78, 5) is 0. The molecule has 2 N–H and O–H groups in total. The van der Waals surface area contributed by atoms with E-state index in [4.69, 9.17) is 4.74 Å². The number of hydrogen-bond donors (Lipinski definition) is 2. The summed E-state index contributed by atoms with van der Waals surface area (Å²) in [5.41, 5.74) is -0.107. The van der Waals surface area contributed by atoms with Crippen LogP contribution in [0.15, 0.2) is 0 Å². The van der Waals surface area contributed by atoms with Gasteiger partial charge in [-0.1, -0.05) is 6.92 Å². The third kappa shape index (κ3) is 6.35. The minimum atomic E-state index is -0.107. The van der Waals surface area contributed by atoms with Crippen molar-refractivity contribution in [2.75, 3.05) is 26.9 Å². The van der Waals surface area contributed by atoms with Crippen molar-refractivity contribution >= 4 is 0 Å². The van der Waals surface area contributed by atoms with Crippen molar-refractivity contribution in [3.05, 3.63) is 0 Å². The quantitative estimate of drug-likeness (QED) is 0.559. The Morgan fingerprint density at radius 3 is 2.57 bits per heavy atom. The molecule has 3 nitrogen and oxygen atoms in total. The Balaban J connectivity index is 3.63. The first-order chi connectivity index (χ1) is 6.68. The molecular weight excluding hydrogens is 178 g/mol. The van der Waals surface area contributed by atoms with Gasteiger partial charge in [0.1, 0.15) is 0 Å². The fourth-order valence-corrected chi connectivity index (χ4v) is 1.41. The van der Waals surface area contributed by atoms with Crippen molar-refractivity contribution in [1.29, 1.82) is 0 Å². The second kappa shape index (κ2) is 8.21. The molecule has 0 aliphatic rings.